The van der Waals surface area contributed by atoms with Crippen LogP contribution in [0.5, 0.6) is 0 Å². The topological polar surface area (TPSA) is 206 Å². The largest absolute Gasteiger partial charge is 0.477 e. The second-order valence-corrected chi connectivity index (χ2v) is 10.00. The van der Waals surface area contributed by atoms with Crippen LogP contribution in [0.2, 0.25) is 0 Å². The van der Waals surface area contributed by atoms with E-state index in [2.05, 4.69) is 25.9 Å². The Balaban J connectivity index is 1.28. The molecule has 3 N–H and O–H groups in total. The van der Waals surface area contributed by atoms with E-state index in [4.69, 9.17) is 0 Å². The number of nitro benzene ring substituents is 1. The van der Waals surface area contributed by atoms with Crippen LogP contribution in [0, 0.1) is 10.1 Å². The molecule has 1 fully saturated rings. The van der Waals surface area contributed by atoms with Crippen molar-refractivity contribution < 1.29 is 29.5 Å². The van der Waals surface area contributed by atoms with E-state index < -0.39 is 40.2 Å². The molecule has 190 valence electrons. The molecule has 0 aliphatic carbocycles. The normalized spacial score (nSPS) is 19.8. The van der Waals surface area contributed by atoms with E-state index in [1.165, 1.54) is 46.4 Å². The fraction of sp³-hybridized carbons (Fsp3) is 0.250. The summed E-state index contributed by atoms with van der Waals surface area (Å²) in [5.74, 6) is -2.31. The molecule has 2 aromatic heterocycles. The number of nitrogens with zero attached hydrogens (tertiary/aromatic N) is 7. The highest BCUT2D eigenvalue weighted by Crippen LogP contribution is 2.41. The zero-order valence-electron chi connectivity index (χ0n) is 18.5. The number of aromatic nitrogens is 5. The Morgan fingerprint density at radius 3 is 2.89 bits per heavy atom. The van der Waals surface area contributed by atoms with Gasteiger partial charge < -0.3 is 15.5 Å². The number of carbonyl (C=O) groups excluding carboxylic acids is 2. The summed E-state index contributed by atoms with van der Waals surface area (Å²) in [7, 11) is 0. The maximum absolute atomic E-state index is 12.9. The van der Waals surface area contributed by atoms with Gasteiger partial charge in [0.25, 0.3) is 17.5 Å². The van der Waals surface area contributed by atoms with Crippen molar-refractivity contribution in [3.05, 3.63) is 63.3 Å². The summed E-state index contributed by atoms with van der Waals surface area (Å²) in [6.45, 7) is 0. The first-order valence-corrected chi connectivity index (χ1v) is 12.6. The predicted molar refractivity (Wildman–Crippen MR) is 127 cm³/mol. The highest BCUT2D eigenvalue weighted by molar-refractivity contribution is 8.01. The molecular formula is C20H16N8O7S2. The fourth-order valence-corrected chi connectivity index (χ4v) is 6.19. The van der Waals surface area contributed by atoms with Gasteiger partial charge in [0, 0.05) is 23.6 Å². The van der Waals surface area contributed by atoms with Crippen molar-refractivity contribution in [1.29, 1.82) is 0 Å². The van der Waals surface area contributed by atoms with Crippen LogP contribution in [-0.4, -0.2) is 86.0 Å². The van der Waals surface area contributed by atoms with Gasteiger partial charge in [0.15, 0.2) is 11.8 Å². The van der Waals surface area contributed by atoms with Crippen molar-refractivity contribution in [2.75, 3.05) is 11.5 Å². The van der Waals surface area contributed by atoms with Crippen molar-refractivity contribution in [1.82, 2.24) is 35.5 Å². The Hall–Kier alpha value is -4.09. The number of hydrogen-bond acceptors (Lipinski definition) is 12. The summed E-state index contributed by atoms with van der Waals surface area (Å²) >= 11 is 2.54. The minimum Gasteiger partial charge on any atom is -0.477 e. The lowest BCUT2D eigenvalue weighted by Crippen LogP contribution is -2.70. The van der Waals surface area contributed by atoms with Gasteiger partial charge in [-0.1, -0.05) is 12.1 Å². The van der Waals surface area contributed by atoms with Gasteiger partial charge in [-0.15, -0.1) is 38.4 Å². The molecule has 1 saturated heterocycles. The third kappa shape index (κ3) is 4.58. The fourth-order valence-electron chi connectivity index (χ4n) is 3.86. The number of benzene rings is 1. The first-order valence-electron chi connectivity index (χ1n) is 10.6. The van der Waals surface area contributed by atoms with Crippen LogP contribution < -0.4 is 5.32 Å². The molecule has 5 rings (SSSR count). The van der Waals surface area contributed by atoms with Crippen LogP contribution in [0.25, 0.3) is 5.65 Å². The zero-order chi connectivity index (χ0) is 26.3. The molecule has 3 aromatic rings. The lowest BCUT2D eigenvalue weighted by molar-refractivity contribution is -0.385. The lowest BCUT2D eigenvalue weighted by Gasteiger charge is -2.49. The monoisotopic (exact) mass is 544 g/mol. The number of carboxylic acids is 1. The smallest absolute Gasteiger partial charge is 0.352 e. The van der Waals surface area contributed by atoms with E-state index >= 15 is 0 Å². The molecule has 3 atom stereocenters. The number of non-ortho nitro benzene ring substituents is 1. The maximum Gasteiger partial charge on any atom is 0.352 e. The second kappa shape index (κ2) is 9.75. The van der Waals surface area contributed by atoms with Gasteiger partial charge in [-0.25, -0.2) is 4.79 Å². The van der Waals surface area contributed by atoms with Gasteiger partial charge in [0.2, 0.25) is 0 Å². The summed E-state index contributed by atoms with van der Waals surface area (Å²) in [6.07, 6.45) is -1.75. The number of nitrogens with one attached hydrogen (secondary N) is 1. The van der Waals surface area contributed by atoms with Crippen LogP contribution in [0.3, 0.4) is 0 Å². The molecule has 2 aliphatic heterocycles. The minimum atomic E-state index is -1.75. The molecule has 0 bridgehead atoms. The number of carbonyl (C=O) groups is 3. The number of β-lactam (4-membered cyclic amide) rings is 1. The van der Waals surface area contributed by atoms with Crippen LogP contribution in [0.15, 0.2) is 52.7 Å². The SMILES string of the molecule is O=C(O)C1=C(CSc2ccc3nnnn3n2)CS[C@H]2C(NC(=O)C(O)c3cccc([N+](=O)[O-])c3)C(=O)N12. The summed E-state index contributed by atoms with van der Waals surface area (Å²) in [5, 5.41) is 48.7. The average molecular weight is 545 g/mol. The molecule has 0 spiro atoms. The number of rotatable bonds is 8. The van der Waals surface area contributed by atoms with Crippen molar-refractivity contribution in [2.45, 2.75) is 22.5 Å². The molecule has 17 heteroatoms. The summed E-state index contributed by atoms with van der Waals surface area (Å²) in [4.78, 5) is 49.0. The third-order valence-electron chi connectivity index (χ3n) is 5.63. The van der Waals surface area contributed by atoms with E-state index in [1.54, 1.807) is 12.1 Å². The number of tetrazole rings is 1. The molecule has 2 amide bonds. The molecule has 15 nitrogen and oxygen atoms in total. The number of thioether (sulfide) groups is 2. The first-order chi connectivity index (χ1) is 17.7. The highest BCUT2D eigenvalue weighted by atomic mass is 32.2. The van der Waals surface area contributed by atoms with E-state index in [-0.39, 0.29) is 28.5 Å². The molecule has 4 heterocycles. The number of carboxylic acid groups (broad SMARTS) is 1. The van der Waals surface area contributed by atoms with Crippen molar-refractivity contribution in [2.24, 2.45) is 0 Å². The average Bonchev–Trinajstić information content (AvgIpc) is 3.37. The molecule has 0 radical (unpaired) electrons. The Morgan fingerprint density at radius 2 is 2.14 bits per heavy atom. The third-order valence-corrected chi connectivity index (χ3v) is 7.98. The van der Waals surface area contributed by atoms with Crippen molar-refractivity contribution in [3.63, 3.8) is 0 Å². The van der Waals surface area contributed by atoms with E-state index in [1.807, 2.05) is 0 Å². The Kier molecular flexibility index (Phi) is 6.48. The summed E-state index contributed by atoms with van der Waals surface area (Å²) in [6, 6.07) is 7.27. The van der Waals surface area contributed by atoms with E-state index in [0.717, 1.165) is 11.0 Å². The number of amides is 2. The second-order valence-electron chi connectivity index (χ2n) is 7.89. The van der Waals surface area contributed by atoms with Gasteiger partial charge >= 0.3 is 5.97 Å². The number of fused-ring (bicyclic) bond motifs is 2. The summed E-state index contributed by atoms with van der Waals surface area (Å²) in [5.41, 5.74) is 0.501. The molecule has 2 unspecified atom stereocenters. The van der Waals surface area contributed by atoms with Crippen LogP contribution in [0.1, 0.15) is 11.7 Å². The first kappa shape index (κ1) is 24.6. The number of nitro groups is 1. The number of hydrogen-bond donors (Lipinski definition) is 3. The highest BCUT2D eigenvalue weighted by Gasteiger charge is 2.54. The number of aliphatic carboxylic acids is 1. The lowest BCUT2D eigenvalue weighted by atomic mass is 10.0. The predicted octanol–water partition coefficient (Wildman–Crippen LogP) is -0.00820. The maximum atomic E-state index is 12.9. The van der Waals surface area contributed by atoms with Crippen LogP contribution in [-0.2, 0) is 14.4 Å². The Morgan fingerprint density at radius 1 is 1.32 bits per heavy atom. The van der Waals surface area contributed by atoms with Crippen LogP contribution >= 0.6 is 23.5 Å². The molecule has 0 saturated carbocycles. The molecular weight excluding hydrogens is 528 g/mol. The summed E-state index contributed by atoms with van der Waals surface area (Å²) < 4.78 is 1.24. The zero-order valence-corrected chi connectivity index (χ0v) is 20.1. The molecule has 1 aromatic carbocycles. The van der Waals surface area contributed by atoms with Crippen molar-refractivity contribution in [3.8, 4) is 0 Å². The Labute approximate surface area is 215 Å². The van der Waals surface area contributed by atoms with Crippen LogP contribution in [0.4, 0.5) is 5.69 Å². The van der Waals surface area contributed by atoms with Gasteiger partial charge in [0.1, 0.15) is 22.1 Å². The standard InChI is InChI=1S/C20H16N8O7S2/c29-16(9-2-1-3-11(6-9)28(34)35)17(30)21-14-18(31)26-15(20(32)33)10(8-37-19(14)26)7-36-13-5-4-12-22-24-25-27(12)23-13/h1-6,14,16,19,29H,7-8H2,(H,21,30)(H,32,33)/t14?,16?,19-/m0/s1. The van der Waals surface area contributed by atoms with Gasteiger partial charge in [-0.3, -0.25) is 24.6 Å². The Bertz CT molecular complexity index is 1480. The van der Waals surface area contributed by atoms with Gasteiger partial charge in [-0.05, 0) is 33.7 Å². The number of aliphatic hydroxyl groups excluding tert-OH is 1. The minimum absolute atomic E-state index is 0.00877. The van der Waals surface area contributed by atoms with E-state index in [9.17, 15) is 34.7 Å². The van der Waals surface area contributed by atoms with E-state index in [0.29, 0.717) is 16.2 Å². The van der Waals surface area contributed by atoms with Gasteiger partial charge in [-0.2, -0.15) is 0 Å². The number of aliphatic hydroxyl groups is 1. The molecule has 2 aliphatic rings. The van der Waals surface area contributed by atoms with Crippen molar-refractivity contribution >= 4 is 52.6 Å². The quantitative estimate of drug-likeness (QED) is 0.148. The van der Waals surface area contributed by atoms with Gasteiger partial charge in [0.05, 0.1) is 4.92 Å². The molecule has 37 heavy (non-hydrogen) atoms.